The molecule has 0 amide bonds. The summed E-state index contributed by atoms with van der Waals surface area (Å²) in [6, 6.07) is 0.0324. The predicted molar refractivity (Wildman–Crippen MR) is 46.2 cm³/mol. The fourth-order valence-corrected chi connectivity index (χ4v) is 1.81. The van der Waals surface area contributed by atoms with Crippen LogP contribution < -0.4 is 5.73 Å². The highest BCUT2D eigenvalue weighted by atomic mass is 16.3. The standard InChI is InChI=1S/C9H19NO/c1-6(2)7-3-4-8(10)9(11)5-7/h6-9,11H,3-5,10H2,1-2H3/t7-,8+,9-/m0/s1. The Morgan fingerprint density at radius 3 is 2.45 bits per heavy atom. The Labute approximate surface area is 68.8 Å². The van der Waals surface area contributed by atoms with Gasteiger partial charge in [0.25, 0.3) is 0 Å². The van der Waals surface area contributed by atoms with E-state index in [1.54, 1.807) is 0 Å². The van der Waals surface area contributed by atoms with Crippen molar-refractivity contribution < 1.29 is 5.11 Å². The van der Waals surface area contributed by atoms with Crippen molar-refractivity contribution >= 4 is 0 Å². The third-order valence-corrected chi connectivity index (χ3v) is 2.85. The Balaban J connectivity index is 2.40. The van der Waals surface area contributed by atoms with Gasteiger partial charge in [0.2, 0.25) is 0 Å². The number of rotatable bonds is 1. The van der Waals surface area contributed by atoms with Gasteiger partial charge >= 0.3 is 0 Å². The van der Waals surface area contributed by atoms with Crippen LogP contribution in [0, 0.1) is 11.8 Å². The van der Waals surface area contributed by atoms with Crippen LogP contribution in [-0.2, 0) is 0 Å². The zero-order valence-electron chi connectivity index (χ0n) is 7.46. The van der Waals surface area contributed by atoms with Gasteiger partial charge in [0, 0.05) is 6.04 Å². The minimum absolute atomic E-state index is 0.0324. The molecule has 1 aliphatic carbocycles. The molecule has 0 unspecified atom stereocenters. The van der Waals surface area contributed by atoms with Gasteiger partial charge < -0.3 is 10.8 Å². The third-order valence-electron chi connectivity index (χ3n) is 2.85. The Hall–Kier alpha value is -0.0800. The van der Waals surface area contributed by atoms with Gasteiger partial charge in [-0.2, -0.15) is 0 Å². The molecular weight excluding hydrogens is 138 g/mol. The van der Waals surface area contributed by atoms with Crippen molar-refractivity contribution in [2.75, 3.05) is 0 Å². The maximum absolute atomic E-state index is 9.47. The first-order chi connectivity index (χ1) is 5.11. The first kappa shape index (κ1) is 9.01. The van der Waals surface area contributed by atoms with E-state index in [2.05, 4.69) is 13.8 Å². The summed E-state index contributed by atoms with van der Waals surface area (Å²) in [6.45, 7) is 4.43. The molecule has 0 aromatic carbocycles. The molecule has 0 radical (unpaired) electrons. The van der Waals surface area contributed by atoms with E-state index < -0.39 is 0 Å². The second-order valence-electron chi connectivity index (χ2n) is 4.05. The molecule has 0 saturated heterocycles. The van der Waals surface area contributed by atoms with E-state index in [0.717, 1.165) is 12.8 Å². The SMILES string of the molecule is CC(C)[C@H]1CC[C@@H](N)[C@@H](O)C1. The van der Waals surface area contributed by atoms with Gasteiger partial charge in [0.1, 0.15) is 0 Å². The van der Waals surface area contributed by atoms with Crippen molar-refractivity contribution in [2.45, 2.75) is 45.3 Å². The molecule has 0 aromatic rings. The summed E-state index contributed by atoms with van der Waals surface area (Å²) < 4.78 is 0. The van der Waals surface area contributed by atoms with Crippen LogP contribution in [-0.4, -0.2) is 17.3 Å². The molecule has 0 spiro atoms. The van der Waals surface area contributed by atoms with Gasteiger partial charge in [-0.05, 0) is 31.1 Å². The fourth-order valence-electron chi connectivity index (χ4n) is 1.81. The van der Waals surface area contributed by atoms with Crippen molar-refractivity contribution in [2.24, 2.45) is 17.6 Å². The average molecular weight is 157 g/mol. The molecule has 11 heavy (non-hydrogen) atoms. The summed E-state index contributed by atoms with van der Waals surface area (Å²) in [5.74, 6) is 1.38. The molecule has 1 fully saturated rings. The van der Waals surface area contributed by atoms with E-state index in [0.29, 0.717) is 11.8 Å². The smallest absolute Gasteiger partial charge is 0.0693 e. The van der Waals surface area contributed by atoms with E-state index in [4.69, 9.17) is 5.73 Å². The minimum atomic E-state index is -0.254. The van der Waals surface area contributed by atoms with Gasteiger partial charge in [-0.15, -0.1) is 0 Å². The van der Waals surface area contributed by atoms with Gasteiger partial charge in [-0.1, -0.05) is 13.8 Å². The second kappa shape index (κ2) is 3.55. The van der Waals surface area contributed by atoms with Crippen LogP contribution in [0.2, 0.25) is 0 Å². The number of nitrogens with two attached hydrogens (primary N) is 1. The highest BCUT2D eigenvalue weighted by Gasteiger charge is 2.27. The molecule has 3 atom stereocenters. The number of hydrogen-bond acceptors (Lipinski definition) is 2. The van der Waals surface area contributed by atoms with E-state index in [1.165, 1.54) is 6.42 Å². The Kier molecular flexibility index (Phi) is 2.90. The first-order valence-electron chi connectivity index (χ1n) is 4.55. The van der Waals surface area contributed by atoms with Crippen LogP contribution in [0.5, 0.6) is 0 Å². The molecule has 0 bridgehead atoms. The molecule has 66 valence electrons. The lowest BCUT2D eigenvalue weighted by Gasteiger charge is -2.32. The second-order valence-corrected chi connectivity index (χ2v) is 4.05. The summed E-state index contributed by atoms with van der Waals surface area (Å²) >= 11 is 0. The summed E-state index contributed by atoms with van der Waals surface area (Å²) in [7, 11) is 0. The largest absolute Gasteiger partial charge is 0.392 e. The Morgan fingerprint density at radius 1 is 1.36 bits per heavy atom. The molecule has 1 saturated carbocycles. The minimum Gasteiger partial charge on any atom is -0.392 e. The highest BCUT2D eigenvalue weighted by molar-refractivity contribution is 4.82. The van der Waals surface area contributed by atoms with Crippen molar-refractivity contribution in [3.63, 3.8) is 0 Å². The lowest BCUT2D eigenvalue weighted by Crippen LogP contribution is -2.41. The zero-order chi connectivity index (χ0) is 8.43. The molecule has 0 aromatic heterocycles. The van der Waals surface area contributed by atoms with Crippen LogP contribution >= 0.6 is 0 Å². The topological polar surface area (TPSA) is 46.2 Å². The highest BCUT2D eigenvalue weighted by Crippen LogP contribution is 2.29. The normalized spacial score (nSPS) is 39.5. The van der Waals surface area contributed by atoms with Crippen LogP contribution in [0.1, 0.15) is 33.1 Å². The lowest BCUT2D eigenvalue weighted by atomic mass is 9.78. The summed E-state index contributed by atoms with van der Waals surface area (Å²) in [5, 5.41) is 9.47. The maximum atomic E-state index is 9.47. The molecule has 2 heteroatoms. The van der Waals surface area contributed by atoms with Gasteiger partial charge in [0.15, 0.2) is 0 Å². The van der Waals surface area contributed by atoms with Gasteiger partial charge in [-0.3, -0.25) is 0 Å². The van der Waals surface area contributed by atoms with E-state index >= 15 is 0 Å². The summed E-state index contributed by atoms with van der Waals surface area (Å²) in [6.07, 6.45) is 2.83. The molecule has 2 nitrogen and oxygen atoms in total. The quantitative estimate of drug-likeness (QED) is 0.599. The monoisotopic (exact) mass is 157 g/mol. The molecule has 1 aliphatic rings. The van der Waals surface area contributed by atoms with Crippen LogP contribution in [0.3, 0.4) is 0 Å². The van der Waals surface area contributed by atoms with E-state index in [1.807, 2.05) is 0 Å². The first-order valence-corrected chi connectivity index (χ1v) is 4.55. The molecule has 0 aliphatic heterocycles. The Morgan fingerprint density at radius 2 is 2.00 bits per heavy atom. The predicted octanol–water partition coefficient (Wildman–Crippen LogP) is 1.13. The zero-order valence-corrected chi connectivity index (χ0v) is 7.46. The maximum Gasteiger partial charge on any atom is 0.0693 e. The number of aliphatic hydroxyl groups is 1. The van der Waals surface area contributed by atoms with Crippen LogP contribution in [0.15, 0.2) is 0 Å². The number of hydrogen-bond donors (Lipinski definition) is 2. The summed E-state index contributed by atoms with van der Waals surface area (Å²) in [4.78, 5) is 0. The van der Waals surface area contributed by atoms with Gasteiger partial charge in [0.05, 0.1) is 6.10 Å². The van der Waals surface area contributed by atoms with Crippen molar-refractivity contribution in [1.82, 2.24) is 0 Å². The number of aliphatic hydroxyl groups excluding tert-OH is 1. The summed E-state index contributed by atoms with van der Waals surface area (Å²) in [5.41, 5.74) is 5.69. The van der Waals surface area contributed by atoms with Gasteiger partial charge in [-0.25, -0.2) is 0 Å². The molecule has 3 N–H and O–H groups in total. The van der Waals surface area contributed by atoms with E-state index in [9.17, 15) is 5.11 Å². The van der Waals surface area contributed by atoms with Crippen LogP contribution in [0.25, 0.3) is 0 Å². The lowest BCUT2D eigenvalue weighted by molar-refractivity contribution is 0.0671. The van der Waals surface area contributed by atoms with Crippen molar-refractivity contribution in [3.8, 4) is 0 Å². The van der Waals surface area contributed by atoms with Crippen molar-refractivity contribution in [1.29, 1.82) is 0 Å². The molecular formula is C9H19NO. The average Bonchev–Trinajstić information content (AvgIpc) is 1.94. The molecule has 0 heterocycles. The third kappa shape index (κ3) is 2.17. The molecule has 1 rings (SSSR count). The van der Waals surface area contributed by atoms with E-state index in [-0.39, 0.29) is 12.1 Å². The van der Waals surface area contributed by atoms with Crippen LogP contribution in [0.4, 0.5) is 0 Å². The fraction of sp³-hybridized carbons (Fsp3) is 1.00. The van der Waals surface area contributed by atoms with Crippen molar-refractivity contribution in [3.05, 3.63) is 0 Å². The Bertz CT molecular complexity index is 125.